The highest BCUT2D eigenvalue weighted by Gasteiger charge is 2.09. The van der Waals surface area contributed by atoms with Crippen LogP contribution in [0.25, 0.3) is 0 Å². The normalized spacial score (nSPS) is 12.0. The molecular weight excluding hydrogens is 186 g/mol. The van der Waals surface area contributed by atoms with Gasteiger partial charge in [0.1, 0.15) is 0 Å². The highest BCUT2D eigenvalue weighted by Crippen LogP contribution is 2.19. The quantitative estimate of drug-likeness (QED) is 0.766. The third kappa shape index (κ3) is 2.69. The lowest BCUT2D eigenvalue weighted by atomic mass is 9.97. The highest BCUT2D eigenvalue weighted by atomic mass is 35.5. The Bertz CT molecular complexity index is 255. The first-order chi connectivity index (χ1) is 5.66. The molecule has 0 spiro atoms. The fourth-order valence-electron chi connectivity index (χ4n) is 1.50. The summed E-state index contributed by atoms with van der Waals surface area (Å²) >= 11 is 0. The van der Waals surface area contributed by atoms with E-state index in [9.17, 15) is 0 Å². The smallest absolute Gasteiger partial charge is 0.0624 e. The van der Waals surface area contributed by atoms with E-state index < -0.39 is 0 Å². The molecule has 3 heteroatoms. The number of nitrogens with two attached hydrogens (primary N) is 1. The maximum absolute atomic E-state index is 8.91. The molecule has 0 amide bonds. The number of aryl methyl sites for hydroxylation is 2. The van der Waals surface area contributed by atoms with Crippen LogP contribution in [0.3, 0.4) is 0 Å². The zero-order chi connectivity index (χ0) is 9.14. The first kappa shape index (κ1) is 12.4. The van der Waals surface area contributed by atoms with E-state index in [1.54, 1.807) is 0 Å². The molecule has 13 heavy (non-hydrogen) atoms. The first-order valence-corrected chi connectivity index (χ1v) is 4.09. The molecule has 2 nitrogen and oxygen atoms in total. The summed E-state index contributed by atoms with van der Waals surface area (Å²) in [7, 11) is 0. The van der Waals surface area contributed by atoms with Crippen molar-refractivity contribution in [3.63, 3.8) is 0 Å². The zero-order valence-corrected chi connectivity index (χ0v) is 8.77. The van der Waals surface area contributed by atoms with Crippen LogP contribution in [0.5, 0.6) is 0 Å². The highest BCUT2D eigenvalue weighted by molar-refractivity contribution is 5.85. The van der Waals surface area contributed by atoms with Crippen molar-refractivity contribution in [3.05, 3.63) is 34.9 Å². The van der Waals surface area contributed by atoms with Crippen LogP contribution in [0.1, 0.15) is 22.7 Å². The van der Waals surface area contributed by atoms with Gasteiger partial charge in [-0.1, -0.05) is 18.2 Å². The Morgan fingerprint density at radius 1 is 1.31 bits per heavy atom. The second-order valence-electron chi connectivity index (χ2n) is 3.09. The Kier molecular flexibility index (Phi) is 4.99. The largest absolute Gasteiger partial charge is 0.394 e. The molecule has 0 radical (unpaired) electrons. The molecule has 0 saturated heterocycles. The Morgan fingerprint density at radius 2 is 1.77 bits per heavy atom. The molecule has 1 unspecified atom stereocenters. The van der Waals surface area contributed by atoms with Crippen molar-refractivity contribution < 1.29 is 5.11 Å². The van der Waals surface area contributed by atoms with Gasteiger partial charge >= 0.3 is 0 Å². The lowest BCUT2D eigenvalue weighted by Crippen LogP contribution is -2.17. The SMILES string of the molecule is Cc1cccc(C)c1C(N)CO.Cl. The predicted octanol–water partition coefficient (Wildman–Crippen LogP) is 1.72. The molecule has 74 valence electrons. The minimum absolute atomic E-state index is 0. The minimum Gasteiger partial charge on any atom is -0.394 e. The number of aliphatic hydroxyl groups is 1. The third-order valence-corrected chi connectivity index (χ3v) is 2.11. The zero-order valence-electron chi connectivity index (χ0n) is 7.95. The lowest BCUT2D eigenvalue weighted by molar-refractivity contribution is 0.267. The van der Waals surface area contributed by atoms with Crippen LogP contribution >= 0.6 is 12.4 Å². The molecule has 0 bridgehead atoms. The molecule has 1 aromatic carbocycles. The standard InChI is InChI=1S/C10H15NO.ClH/c1-7-4-3-5-8(2)10(7)9(11)6-12;/h3-5,9,12H,6,11H2,1-2H3;1H. The Hall–Kier alpha value is -0.570. The van der Waals surface area contributed by atoms with E-state index in [2.05, 4.69) is 0 Å². The second-order valence-corrected chi connectivity index (χ2v) is 3.09. The van der Waals surface area contributed by atoms with E-state index in [4.69, 9.17) is 10.8 Å². The molecule has 1 atom stereocenters. The first-order valence-electron chi connectivity index (χ1n) is 4.09. The van der Waals surface area contributed by atoms with Gasteiger partial charge in [0.15, 0.2) is 0 Å². The van der Waals surface area contributed by atoms with Crippen LogP contribution in [-0.2, 0) is 0 Å². The number of halogens is 1. The van der Waals surface area contributed by atoms with Crippen molar-refractivity contribution in [2.45, 2.75) is 19.9 Å². The van der Waals surface area contributed by atoms with Crippen LogP contribution in [0.4, 0.5) is 0 Å². The van der Waals surface area contributed by atoms with Gasteiger partial charge in [0.05, 0.1) is 12.6 Å². The van der Waals surface area contributed by atoms with Crippen LogP contribution in [-0.4, -0.2) is 11.7 Å². The summed E-state index contributed by atoms with van der Waals surface area (Å²) in [5.74, 6) is 0. The van der Waals surface area contributed by atoms with Crippen LogP contribution in [0.15, 0.2) is 18.2 Å². The molecule has 0 aliphatic rings. The van der Waals surface area contributed by atoms with Crippen molar-refractivity contribution in [2.75, 3.05) is 6.61 Å². The van der Waals surface area contributed by atoms with Crippen molar-refractivity contribution >= 4 is 12.4 Å². The number of benzene rings is 1. The van der Waals surface area contributed by atoms with Gasteiger partial charge in [-0.05, 0) is 30.5 Å². The third-order valence-electron chi connectivity index (χ3n) is 2.11. The average Bonchev–Trinajstić information content (AvgIpc) is 2.03. The van der Waals surface area contributed by atoms with Gasteiger partial charge < -0.3 is 10.8 Å². The number of rotatable bonds is 2. The van der Waals surface area contributed by atoms with Crippen LogP contribution < -0.4 is 5.73 Å². The summed E-state index contributed by atoms with van der Waals surface area (Å²) in [5, 5.41) is 8.91. The fourth-order valence-corrected chi connectivity index (χ4v) is 1.50. The monoisotopic (exact) mass is 201 g/mol. The molecule has 1 aromatic rings. The maximum Gasteiger partial charge on any atom is 0.0624 e. The van der Waals surface area contributed by atoms with E-state index >= 15 is 0 Å². The summed E-state index contributed by atoms with van der Waals surface area (Å²) in [6.45, 7) is 4.03. The molecule has 0 aromatic heterocycles. The summed E-state index contributed by atoms with van der Waals surface area (Å²) in [4.78, 5) is 0. The topological polar surface area (TPSA) is 46.2 Å². The number of aliphatic hydroxyl groups excluding tert-OH is 1. The number of hydrogen-bond acceptors (Lipinski definition) is 2. The Balaban J connectivity index is 0.00000144. The number of hydrogen-bond donors (Lipinski definition) is 2. The predicted molar refractivity (Wildman–Crippen MR) is 57.2 cm³/mol. The van der Waals surface area contributed by atoms with Crippen LogP contribution in [0.2, 0.25) is 0 Å². The van der Waals surface area contributed by atoms with Gasteiger partial charge in [-0.25, -0.2) is 0 Å². The summed E-state index contributed by atoms with van der Waals surface area (Å²) in [6, 6.07) is 5.78. The van der Waals surface area contributed by atoms with E-state index in [1.807, 2.05) is 32.0 Å². The average molecular weight is 202 g/mol. The molecule has 1 rings (SSSR count). The van der Waals surface area contributed by atoms with Gasteiger partial charge in [-0.3, -0.25) is 0 Å². The van der Waals surface area contributed by atoms with Crippen molar-refractivity contribution in [1.29, 1.82) is 0 Å². The molecular formula is C10H16ClNO. The van der Waals surface area contributed by atoms with Gasteiger partial charge in [-0.15, -0.1) is 12.4 Å². The van der Waals surface area contributed by atoms with Crippen LogP contribution in [0, 0.1) is 13.8 Å². The molecule has 0 saturated carbocycles. The van der Waals surface area contributed by atoms with Crippen molar-refractivity contribution in [2.24, 2.45) is 5.73 Å². The molecule has 0 aliphatic heterocycles. The fraction of sp³-hybridized carbons (Fsp3) is 0.400. The minimum atomic E-state index is -0.244. The second kappa shape index (κ2) is 5.22. The summed E-state index contributed by atoms with van der Waals surface area (Å²) < 4.78 is 0. The molecule has 0 aliphatic carbocycles. The van der Waals surface area contributed by atoms with Crippen molar-refractivity contribution in [3.8, 4) is 0 Å². The van der Waals surface area contributed by atoms with E-state index in [-0.39, 0.29) is 25.1 Å². The molecule has 0 fully saturated rings. The maximum atomic E-state index is 8.91. The lowest BCUT2D eigenvalue weighted by Gasteiger charge is -2.14. The Labute approximate surface area is 85.2 Å². The van der Waals surface area contributed by atoms with E-state index in [0.717, 1.165) is 16.7 Å². The van der Waals surface area contributed by atoms with Gasteiger partial charge in [0.2, 0.25) is 0 Å². The van der Waals surface area contributed by atoms with E-state index in [0.29, 0.717) is 0 Å². The van der Waals surface area contributed by atoms with E-state index in [1.165, 1.54) is 0 Å². The summed E-state index contributed by atoms with van der Waals surface area (Å²) in [6.07, 6.45) is 0. The molecule has 3 N–H and O–H groups in total. The van der Waals surface area contributed by atoms with Gasteiger partial charge in [0.25, 0.3) is 0 Å². The van der Waals surface area contributed by atoms with Crippen molar-refractivity contribution in [1.82, 2.24) is 0 Å². The Morgan fingerprint density at radius 3 is 2.15 bits per heavy atom. The van der Waals surface area contributed by atoms with Gasteiger partial charge in [-0.2, -0.15) is 0 Å². The molecule has 0 heterocycles. The summed E-state index contributed by atoms with van der Waals surface area (Å²) in [5.41, 5.74) is 9.11. The van der Waals surface area contributed by atoms with Gasteiger partial charge in [0, 0.05) is 0 Å².